The summed E-state index contributed by atoms with van der Waals surface area (Å²) in [4.78, 5) is 10.5. The number of hydrogen-bond donors (Lipinski definition) is 2. The summed E-state index contributed by atoms with van der Waals surface area (Å²) in [6.07, 6.45) is 3.11. The van der Waals surface area contributed by atoms with Crippen molar-refractivity contribution in [2.24, 2.45) is 5.92 Å². The highest BCUT2D eigenvalue weighted by molar-refractivity contribution is 5.66. The van der Waals surface area contributed by atoms with Crippen LogP contribution in [0.1, 0.15) is 44.1 Å². The minimum absolute atomic E-state index is 0.272. The smallest absolute Gasteiger partial charge is 0.303 e. The molecule has 0 saturated carbocycles. The fraction of sp³-hybridized carbons (Fsp3) is 0.588. The number of benzene rings is 1. The molecule has 4 heteroatoms. The van der Waals surface area contributed by atoms with Gasteiger partial charge >= 0.3 is 5.97 Å². The van der Waals surface area contributed by atoms with Crippen LogP contribution < -0.4 is 10.1 Å². The normalized spacial score (nSPS) is 18.6. The molecule has 1 aromatic rings. The zero-order valence-corrected chi connectivity index (χ0v) is 12.7. The molecule has 1 aromatic carbocycles. The molecule has 21 heavy (non-hydrogen) atoms. The van der Waals surface area contributed by atoms with Crippen LogP contribution in [0.2, 0.25) is 0 Å². The number of rotatable bonds is 8. The minimum Gasteiger partial charge on any atom is -0.493 e. The molecule has 2 rings (SSSR count). The Bertz CT molecular complexity index is 461. The van der Waals surface area contributed by atoms with Crippen molar-refractivity contribution in [3.63, 3.8) is 0 Å². The number of carbonyl (C=O) groups is 1. The van der Waals surface area contributed by atoms with Crippen LogP contribution in [0.3, 0.4) is 0 Å². The second-order valence-corrected chi connectivity index (χ2v) is 5.90. The number of fused-ring (bicyclic) bond motifs is 1. The Kier molecular flexibility index (Phi) is 6.05. The average molecular weight is 291 g/mol. The molecule has 1 aliphatic heterocycles. The van der Waals surface area contributed by atoms with Gasteiger partial charge in [0.25, 0.3) is 0 Å². The first-order valence-electron chi connectivity index (χ1n) is 7.81. The summed E-state index contributed by atoms with van der Waals surface area (Å²) in [5, 5.41) is 12.2. The summed E-state index contributed by atoms with van der Waals surface area (Å²) in [7, 11) is 0. The lowest BCUT2D eigenvalue weighted by Crippen LogP contribution is -2.27. The third-order valence-electron chi connectivity index (χ3n) is 4.14. The molecular weight excluding hydrogens is 266 g/mol. The third kappa shape index (κ3) is 5.05. The Labute approximate surface area is 126 Å². The number of hydrogen-bond acceptors (Lipinski definition) is 3. The largest absolute Gasteiger partial charge is 0.493 e. The minimum atomic E-state index is -0.700. The van der Waals surface area contributed by atoms with E-state index in [2.05, 4.69) is 24.4 Å². The van der Waals surface area contributed by atoms with E-state index in [0.29, 0.717) is 11.8 Å². The highest BCUT2D eigenvalue weighted by Crippen LogP contribution is 2.32. The summed E-state index contributed by atoms with van der Waals surface area (Å²) in [6.45, 7) is 4.82. The number of carboxylic acids is 1. The van der Waals surface area contributed by atoms with Gasteiger partial charge in [0.2, 0.25) is 0 Å². The Morgan fingerprint density at radius 2 is 2.24 bits per heavy atom. The van der Waals surface area contributed by atoms with E-state index in [9.17, 15) is 4.79 Å². The molecule has 0 fully saturated rings. The van der Waals surface area contributed by atoms with Crippen LogP contribution >= 0.6 is 0 Å². The molecule has 0 spiro atoms. The third-order valence-corrected chi connectivity index (χ3v) is 4.14. The predicted molar refractivity (Wildman–Crippen MR) is 82.8 cm³/mol. The van der Waals surface area contributed by atoms with Gasteiger partial charge in [-0.15, -0.1) is 0 Å². The summed E-state index contributed by atoms with van der Waals surface area (Å²) >= 11 is 0. The van der Waals surface area contributed by atoms with Crippen molar-refractivity contribution in [2.75, 3.05) is 19.7 Å². The van der Waals surface area contributed by atoms with Gasteiger partial charge in [-0.05, 0) is 43.4 Å². The second kappa shape index (κ2) is 8.03. The fourth-order valence-electron chi connectivity index (χ4n) is 2.77. The van der Waals surface area contributed by atoms with Crippen LogP contribution in [0.25, 0.3) is 0 Å². The zero-order chi connectivity index (χ0) is 15.1. The van der Waals surface area contributed by atoms with E-state index in [-0.39, 0.29) is 6.42 Å². The van der Waals surface area contributed by atoms with Gasteiger partial charge in [0.1, 0.15) is 5.75 Å². The van der Waals surface area contributed by atoms with E-state index < -0.39 is 5.97 Å². The van der Waals surface area contributed by atoms with Crippen molar-refractivity contribution in [1.82, 2.24) is 5.32 Å². The van der Waals surface area contributed by atoms with Gasteiger partial charge in [-0.2, -0.15) is 0 Å². The molecule has 0 aromatic heterocycles. The highest BCUT2D eigenvalue weighted by Gasteiger charge is 2.20. The van der Waals surface area contributed by atoms with Crippen molar-refractivity contribution in [1.29, 1.82) is 0 Å². The van der Waals surface area contributed by atoms with Gasteiger partial charge in [-0.1, -0.05) is 25.1 Å². The van der Waals surface area contributed by atoms with Crippen molar-refractivity contribution in [3.05, 3.63) is 29.8 Å². The summed E-state index contributed by atoms with van der Waals surface area (Å²) < 4.78 is 5.67. The van der Waals surface area contributed by atoms with Gasteiger partial charge in [0, 0.05) is 18.9 Å². The monoisotopic (exact) mass is 291 g/mol. The summed E-state index contributed by atoms with van der Waals surface area (Å²) in [5.41, 5.74) is 1.30. The maximum absolute atomic E-state index is 10.5. The first kappa shape index (κ1) is 15.8. The van der Waals surface area contributed by atoms with Gasteiger partial charge in [0.05, 0.1) is 6.61 Å². The number of nitrogens with one attached hydrogen (secondary N) is 1. The van der Waals surface area contributed by atoms with Gasteiger partial charge in [0.15, 0.2) is 0 Å². The van der Waals surface area contributed by atoms with Crippen molar-refractivity contribution < 1.29 is 14.6 Å². The van der Waals surface area contributed by atoms with Crippen molar-refractivity contribution in [3.8, 4) is 5.75 Å². The van der Waals surface area contributed by atoms with Crippen LogP contribution in [0, 0.1) is 5.92 Å². The quantitative estimate of drug-likeness (QED) is 0.723. The summed E-state index contributed by atoms with van der Waals surface area (Å²) in [5.74, 6) is 1.29. The topological polar surface area (TPSA) is 58.6 Å². The lowest BCUT2D eigenvalue weighted by Gasteiger charge is -2.26. The lowest BCUT2D eigenvalue weighted by molar-refractivity contribution is -0.137. The van der Waals surface area contributed by atoms with Crippen molar-refractivity contribution >= 4 is 5.97 Å². The molecule has 0 aliphatic carbocycles. The molecule has 0 saturated heterocycles. The lowest BCUT2D eigenvalue weighted by atomic mass is 9.93. The summed E-state index contributed by atoms with van der Waals surface area (Å²) in [6, 6.07) is 8.26. The van der Waals surface area contributed by atoms with Crippen LogP contribution in [-0.4, -0.2) is 30.8 Å². The average Bonchev–Trinajstić information content (AvgIpc) is 2.49. The Hall–Kier alpha value is -1.55. The molecule has 1 aliphatic rings. The molecule has 0 amide bonds. The van der Waals surface area contributed by atoms with E-state index >= 15 is 0 Å². The SMILES string of the molecule is CC(CCNCC1CCOc2ccccc21)CCC(=O)O. The van der Waals surface area contributed by atoms with Gasteiger partial charge < -0.3 is 15.2 Å². The van der Waals surface area contributed by atoms with Crippen LogP contribution in [0.4, 0.5) is 0 Å². The molecule has 0 bridgehead atoms. The van der Waals surface area contributed by atoms with E-state index in [1.165, 1.54) is 5.56 Å². The molecule has 2 N–H and O–H groups in total. The Morgan fingerprint density at radius 3 is 3.05 bits per heavy atom. The second-order valence-electron chi connectivity index (χ2n) is 5.90. The number of aliphatic carboxylic acids is 1. The number of carboxylic acid groups (broad SMARTS) is 1. The fourth-order valence-corrected chi connectivity index (χ4v) is 2.77. The van der Waals surface area contributed by atoms with Crippen LogP contribution in [-0.2, 0) is 4.79 Å². The highest BCUT2D eigenvalue weighted by atomic mass is 16.5. The Balaban J connectivity index is 1.69. The standard InChI is InChI=1S/C17H25NO3/c1-13(6-7-17(19)20)8-10-18-12-14-9-11-21-16-5-3-2-4-15(14)16/h2-5,13-14,18H,6-12H2,1H3,(H,19,20). The molecular formula is C17H25NO3. The van der Waals surface area contributed by atoms with E-state index in [1.807, 2.05) is 12.1 Å². The van der Waals surface area contributed by atoms with Gasteiger partial charge in [-0.25, -0.2) is 0 Å². The molecule has 116 valence electrons. The van der Waals surface area contributed by atoms with Crippen molar-refractivity contribution in [2.45, 2.75) is 38.5 Å². The predicted octanol–water partition coefficient (Wildman–Crippen LogP) is 3.03. The number of ether oxygens (including phenoxy) is 1. The van der Waals surface area contributed by atoms with Gasteiger partial charge in [-0.3, -0.25) is 4.79 Å². The molecule has 4 nitrogen and oxygen atoms in total. The molecule has 2 atom stereocenters. The molecule has 1 heterocycles. The Morgan fingerprint density at radius 1 is 1.43 bits per heavy atom. The van der Waals surface area contributed by atoms with E-state index in [4.69, 9.17) is 9.84 Å². The van der Waals surface area contributed by atoms with E-state index in [1.54, 1.807) is 0 Å². The first-order chi connectivity index (χ1) is 10.2. The zero-order valence-electron chi connectivity index (χ0n) is 12.7. The maximum Gasteiger partial charge on any atom is 0.303 e. The van der Waals surface area contributed by atoms with E-state index in [0.717, 1.165) is 44.7 Å². The maximum atomic E-state index is 10.5. The van der Waals surface area contributed by atoms with Crippen LogP contribution in [0.5, 0.6) is 5.75 Å². The van der Waals surface area contributed by atoms with Crippen LogP contribution in [0.15, 0.2) is 24.3 Å². The first-order valence-corrected chi connectivity index (χ1v) is 7.81. The molecule has 2 unspecified atom stereocenters. The molecule has 0 radical (unpaired) electrons. The number of para-hydroxylation sites is 1.